The fraction of sp³-hybridized carbons (Fsp3) is 0.548. The highest BCUT2D eigenvalue weighted by Crippen LogP contribution is 2.52. The number of ether oxygens (including phenoxy) is 1. The summed E-state index contributed by atoms with van der Waals surface area (Å²) in [5.74, 6) is -0.629. The van der Waals surface area contributed by atoms with Gasteiger partial charge in [-0.2, -0.15) is 0 Å². The van der Waals surface area contributed by atoms with Gasteiger partial charge >= 0.3 is 12.1 Å². The number of aliphatic carboxylic acids is 1. The van der Waals surface area contributed by atoms with E-state index >= 15 is 0 Å². The average molecular weight is 593 g/mol. The fourth-order valence-electron chi connectivity index (χ4n) is 6.01. The van der Waals surface area contributed by atoms with Gasteiger partial charge in [-0.3, -0.25) is 14.4 Å². The number of fused-ring (bicyclic) bond motifs is 1. The van der Waals surface area contributed by atoms with E-state index in [2.05, 4.69) is 10.3 Å². The second-order valence-corrected chi connectivity index (χ2v) is 11.5. The monoisotopic (exact) mass is 592 g/mol. The van der Waals surface area contributed by atoms with E-state index in [4.69, 9.17) is 9.72 Å². The fourth-order valence-corrected chi connectivity index (χ4v) is 6.01. The maximum atomic E-state index is 13.6. The third-order valence-electron chi connectivity index (χ3n) is 8.53. The Balaban J connectivity index is 1.28. The molecular weight excluding hydrogens is 552 g/mol. The second-order valence-electron chi connectivity index (χ2n) is 11.5. The summed E-state index contributed by atoms with van der Waals surface area (Å²) >= 11 is 0. The number of benzene rings is 1. The number of piperidine rings is 1. The van der Waals surface area contributed by atoms with Crippen molar-refractivity contribution in [2.45, 2.75) is 45.6 Å². The molecule has 1 aliphatic carbocycles. The predicted octanol–water partition coefficient (Wildman–Crippen LogP) is 2.89. The molecule has 2 aliphatic heterocycles. The molecule has 3 aliphatic rings. The number of piperazine rings is 1. The van der Waals surface area contributed by atoms with Crippen LogP contribution in [0.15, 0.2) is 36.4 Å². The Morgan fingerprint density at radius 1 is 0.977 bits per heavy atom. The van der Waals surface area contributed by atoms with Crippen LogP contribution in [0.4, 0.5) is 10.6 Å². The summed E-state index contributed by atoms with van der Waals surface area (Å²) < 4.78 is 5.30. The lowest BCUT2D eigenvalue weighted by Gasteiger charge is -2.36. The Hall–Kier alpha value is -4.22. The van der Waals surface area contributed by atoms with Crippen molar-refractivity contribution in [2.24, 2.45) is 17.8 Å². The van der Waals surface area contributed by atoms with E-state index in [-0.39, 0.29) is 35.4 Å². The number of aromatic nitrogens is 2. The number of unbranched alkanes of at least 4 members (excludes halogenated alkanes) is 1. The van der Waals surface area contributed by atoms with Crippen LogP contribution in [-0.4, -0.2) is 101 Å². The van der Waals surface area contributed by atoms with Crippen LogP contribution < -0.4 is 10.2 Å². The molecule has 3 fully saturated rings. The second kappa shape index (κ2) is 13.4. The summed E-state index contributed by atoms with van der Waals surface area (Å²) in [6.07, 6.45) is 2.54. The Morgan fingerprint density at radius 2 is 1.65 bits per heavy atom. The van der Waals surface area contributed by atoms with Crippen molar-refractivity contribution in [1.82, 2.24) is 25.1 Å². The zero-order valence-corrected chi connectivity index (χ0v) is 24.8. The predicted molar refractivity (Wildman–Crippen MR) is 158 cm³/mol. The highest BCUT2D eigenvalue weighted by molar-refractivity contribution is 5.97. The van der Waals surface area contributed by atoms with E-state index < -0.39 is 17.9 Å². The number of nitrogens with zero attached hydrogens (tertiary/aromatic N) is 5. The van der Waals surface area contributed by atoms with Crippen molar-refractivity contribution in [2.75, 3.05) is 50.8 Å². The number of hydrogen-bond donors (Lipinski definition) is 2. The van der Waals surface area contributed by atoms with Crippen molar-refractivity contribution >= 4 is 29.7 Å². The minimum Gasteiger partial charge on any atom is -0.481 e. The molecule has 0 bridgehead atoms. The van der Waals surface area contributed by atoms with Gasteiger partial charge in [0.1, 0.15) is 17.6 Å². The topological polar surface area (TPSA) is 145 Å². The normalized spacial score (nSPS) is 21.6. The third-order valence-corrected chi connectivity index (χ3v) is 8.53. The van der Waals surface area contributed by atoms with Gasteiger partial charge in [0.05, 0.1) is 12.5 Å². The SMILES string of the molecule is CCCCOC(=O)N1CCN(C(=O)[C@H](CCC)NC(=O)c2cc(N3C[C@@H]4[C@H](C3)[C@@H]4C(=O)O)nc(-c3ccccc3)n2)CC1. The van der Waals surface area contributed by atoms with Crippen molar-refractivity contribution in [3.63, 3.8) is 0 Å². The summed E-state index contributed by atoms with van der Waals surface area (Å²) in [5, 5.41) is 12.3. The standard InChI is InChI=1S/C31H40N6O6/c1-3-5-16-43-31(42)36-14-12-35(13-15-36)29(39)23(9-4-2)33-28(38)24-17-25(34-27(32-24)20-10-7-6-8-11-20)37-18-21-22(19-37)26(21)30(40)41/h6-8,10-11,17,21-23,26H,3-5,9,12-16,18-19H2,1-2H3,(H,33,38)(H,40,41)/t21-,22+,23-,26-/m0/s1. The summed E-state index contributed by atoms with van der Waals surface area (Å²) in [7, 11) is 0. The van der Waals surface area contributed by atoms with Gasteiger partial charge in [0, 0.05) is 50.9 Å². The number of carbonyl (C=O) groups excluding carboxylic acids is 3. The Bertz CT molecular complexity index is 1320. The molecule has 2 aromatic rings. The molecule has 5 rings (SSSR count). The van der Waals surface area contributed by atoms with Crippen LogP contribution in [0.1, 0.15) is 50.0 Å². The van der Waals surface area contributed by atoms with E-state index in [0.29, 0.717) is 70.4 Å². The van der Waals surface area contributed by atoms with E-state index in [9.17, 15) is 24.3 Å². The zero-order valence-electron chi connectivity index (χ0n) is 24.8. The molecule has 1 aromatic heterocycles. The van der Waals surface area contributed by atoms with Gasteiger partial charge in [0.2, 0.25) is 5.91 Å². The Kier molecular flexibility index (Phi) is 9.42. The van der Waals surface area contributed by atoms with Crippen molar-refractivity contribution in [3.8, 4) is 11.4 Å². The van der Waals surface area contributed by atoms with E-state index in [0.717, 1.165) is 18.4 Å². The lowest BCUT2D eigenvalue weighted by Crippen LogP contribution is -2.56. The number of rotatable bonds is 11. The molecule has 12 heteroatoms. The number of carbonyl (C=O) groups is 4. The molecule has 4 atom stereocenters. The number of amides is 3. The van der Waals surface area contributed by atoms with Crippen LogP contribution in [0, 0.1) is 17.8 Å². The molecule has 2 N–H and O–H groups in total. The lowest BCUT2D eigenvalue weighted by atomic mass is 10.1. The maximum Gasteiger partial charge on any atom is 0.409 e. The first kappa shape index (κ1) is 30.2. The largest absolute Gasteiger partial charge is 0.481 e. The van der Waals surface area contributed by atoms with Gasteiger partial charge in [-0.05, 0) is 24.7 Å². The van der Waals surface area contributed by atoms with Crippen molar-refractivity contribution in [3.05, 3.63) is 42.1 Å². The summed E-state index contributed by atoms with van der Waals surface area (Å²) in [4.78, 5) is 65.5. The summed E-state index contributed by atoms with van der Waals surface area (Å²) in [6, 6.07) is 10.2. The molecule has 3 amide bonds. The van der Waals surface area contributed by atoms with Gasteiger partial charge < -0.3 is 29.9 Å². The number of hydrogen-bond acceptors (Lipinski definition) is 8. The average Bonchev–Trinajstić information content (AvgIpc) is 3.54. The molecule has 43 heavy (non-hydrogen) atoms. The number of carboxylic acid groups (broad SMARTS) is 1. The summed E-state index contributed by atoms with van der Waals surface area (Å²) in [6.45, 7) is 6.96. The van der Waals surface area contributed by atoms with Crippen LogP contribution in [0.5, 0.6) is 0 Å². The van der Waals surface area contributed by atoms with Gasteiger partial charge in [-0.25, -0.2) is 14.8 Å². The lowest BCUT2D eigenvalue weighted by molar-refractivity contribution is -0.139. The van der Waals surface area contributed by atoms with Gasteiger partial charge in [-0.1, -0.05) is 57.0 Å². The Morgan fingerprint density at radius 3 is 2.28 bits per heavy atom. The molecule has 12 nitrogen and oxygen atoms in total. The Labute approximate surface area is 251 Å². The number of anilines is 1. The van der Waals surface area contributed by atoms with Gasteiger partial charge in [-0.15, -0.1) is 0 Å². The van der Waals surface area contributed by atoms with Crippen molar-refractivity contribution < 1.29 is 29.0 Å². The molecule has 230 valence electrons. The maximum absolute atomic E-state index is 13.6. The number of nitrogens with one attached hydrogen (secondary N) is 1. The molecular formula is C31H40N6O6. The molecule has 1 saturated carbocycles. The smallest absolute Gasteiger partial charge is 0.409 e. The van der Waals surface area contributed by atoms with Crippen LogP contribution >= 0.6 is 0 Å². The zero-order chi connectivity index (χ0) is 30.5. The molecule has 1 aromatic carbocycles. The third kappa shape index (κ3) is 6.89. The van der Waals surface area contributed by atoms with Gasteiger partial charge in [0.25, 0.3) is 5.91 Å². The molecule has 0 spiro atoms. The van der Waals surface area contributed by atoms with E-state index in [1.165, 1.54) is 0 Å². The van der Waals surface area contributed by atoms with Crippen LogP contribution in [-0.2, 0) is 14.3 Å². The summed E-state index contributed by atoms with van der Waals surface area (Å²) in [5.41, 5.74) is 0.895. The minimum absolute atomic E-state index is 0.0788. The van der Waals surface area contributed by atoms with E-state index in [1.54, 1.807) is 15.9 Å². The first-order valence-corrected chi connectivity index (χ1v) is 15.2. The van der Waals surface area contributed by atoms with E-state index in [1.807, 2.05) is 49.1 Å². The molecule has 0 radical (unpaired) electrons. The van der Waals surface area contributed by atoms with Gasteiger partial charge in [0.15, 0.2) is 5.82 Å². The quantitative estimate of drug-likeness (QED) is 0.376. The van der Waals surface area contributed by atoms with Crippen LogP contribution in [0.2, 0.25) is 0 Å². The highest BCUT2D eigenvalue weighted by atomic mass is 16.6. The van der Waals surface area contributed by atoms with Crippen LogP contribution in [0.3, 0.4) is 0 Å². The first-order valence-electron chi connectivity index (χ1n) is 15.2. The number of carboxylic acids is 1. The molecule has 2 saturated heterocycles. The minimum atomic E-state index is -0.762. The van der Waals surface area contributed by atoms with Crippen molar-refractivity contribution in [1.29, 1.82) is 0 Å². The molecule has 3 heterocycles. The first-order chi connectivity index (χ1) is 20.8. The van der Waals surface area contributed by atoms with Crippen LogP contribution in [0.25, 0.3) is 11.4 Å². The highest BCUT2D eigenvalue weighted by Gasteiger charge is 2.60. The molecule has 0 unspecified atom stereocenters.